The third-order valence-electron chi connectivity index (χ3n) is 3.64. The SMILES string of the molecule is CCCCCC(C(=O)OC)S(=O)(=O)C(C)(Cl)C(C(F)(F)F)C(F)(F)F. The van der Waals surface area contributed by atoms with Crippen LogP contribution in [-0.2, 0) is 19.4 Å². The van der Waals surface area contributed by atoms with Crippen LogP contribution in [0.3, 0.4) is 0 Å². The molecule has 0 saturated carbocycles. The molecule has 0 aliphatic heterocycles. The Morgan fingerprint density at radius 3 is 1.84 bits per heavy atom. The highest BCUT2D eigenvalue weighted by Crippen LogP contribution is 2.51. The highest BCUT2D eigenvalue weighted by atomic mass is 35.5. The molecular formula is C13H19ClF6O4S. The molecule has 0 N–H and O–H groups in total. The van der Waals surface area contributed by atoms with Crippen LogP contribution in [0.5, 0.6) is 0 Å². The van der Waals surface area contributed by atoms with Gasteiger partial charge in [-0.25, -0.2) is 8.42 Å². The Balaban J connectivity index is 6.14. The zero-order valence-electron chi connectivity index (χ0n) is 13.7. The second kappa shape index (κ2) is 8.32. The molecule has 12 heteroatoms. The molecule has 0 spiro atoms. The van der Waals surface area contributed by atoms with Crippen LogP contribution in [0.1, 0.15) is 39.5 Å². The van der Waals surface area contributed by atoms with Crippen LogP contribution in [0.25, 0.3) is 0 Å². The first kappa shape index (κ1) is 24.3. The van der Waals surface area contributed by atoms with Crippen LogP contribution in [0, 0.1) is 5.92 Å². The number of methoxy groups -OCH3 is 1. The molecule has 2 atom stereocenters. The molecule has 0 aromatic heterocycles. The van der Waals surface area contributed by atoms with Gasteiger partial charge in [0, 0.05) is 0 Å². The van der Waals surface area contributed by atoms with Gasteiger partial charge in [0.2, 0.25) is 0 Å². The summed E-state index contributed by atoms with van der Waals surface area (Å²) in [7, 11) is -4.63. The van der Waals surface area contributed by atoms with Gasteiger partial charge in [0.05, 0.1) is 7.11 Å². The highest BCUT2D eigenvalue weighted by Gasteiger charge is 2.70. The van der Waals surface area contributed by atoms with Crippen LogP contribution in [0.15, 0.2) is 0 Å². The molecule has 2 unspecified atom stereocenters. The molecule has 0 amide bonds. The van der Waals surface area contributed by atoms with Crippen molar-refractivity contribution in [1.29, 1.82) is 0 Å². The molecule has 0 heterocycles. The molecule has 0 radical (unpaired) electrons. The maximum atomic E-state index is 12.9. The molecule has 150 valence electrons. The van der Waals surface area contributed by atoms with Crippen molar-refractivity contribution in [2.75, 3.05) is 7.11 Å². The smallest absolute Gasteiger partial charge is 0.403 e. The van der Waals surface area contributed by atoms with Gasteiger partial charge in [-0.3, -0.25) is 4.79 Å². The Hall–Kier alpha value is -0.710. The number of halogens is 7. The Kier molecular flexibility index (Phi) is 8.09. The predicted octanol–water partition coefficient (Wildman–Crippen LogP) is 4.22. The lowest BCUT2D eigenvalue weighted by atomic mass is 10.0. The van der Waals surface area contributed by atoms with Gasteiger partial charge in [0.1, 0.15) is 0 Å². The Labute approximate surface area is 146 Å². The Morgan fingerprint density at radius 2 is 1.52 bits per heavy atom. The van der Waals surface area contributed by atoms with E-state index in [4.69, 9.17) is 11.6 Å². The van der Waals surface area contributed by atoms with Crippen molar-refractivity contribution in [3.63, 3.8) is 0 Å². The minimum Gasteiger partial charge on any atom is -0.468 e. The number of hydrogen-bond acceptors (Lipinski definition) is 4. The fourth-order valence-corrected chi connectivity index (χ4v) is 4.87. The van der Waals surface area contributed by atoms with E-state index in [0.717, 1.165) is 7.11 Å². The van der Waals surface area contributed by atoms with Crippen molar-refractivity contribution in [3.05, 3.63) is 0 Å². The van der Waals surface area contributed by atoms with E-state index in [1.54, 1.807) is 6.92 Å². The van der Waals surface area contributed by atoms with E-state index in [1.807, 2.05) is 0 Å². The van der Waals surface area contributed by atoms with E-state index >= 15 is 0 Å². The molecule has 0 saturated heterocycles. The number of ether oxygens (including phenoxy) is 1. The van der Waals surface area contributed by atoms with E-state index in [1.165, 1.54) is 0 Å². The molecular weight excluding hydrogens is 402 g/mol. The number of carbonyl (C=O) groups is 1. The number of unbranched alkanes of at least 4 members (excludes halogenated alkanes) is 2. The number of rotatable bonds is 8. The molecule has 0 aliphatic carbocycles. The van der Waals surface area contributed by atoms with Crippen LogP contribution < -0.4 is 0 Å². The average molecular weight is 421 g/mol. The van der Waals surface area contributed by atoms with Crippen molar-refractivity contribution in [1.82, 2.24) is 0 Å². The summed E-state index contributed by atoms with van der Waals surface area (Å²) in [5.41, 5.74) is 0. The molecule has 25 heavy (non-hydrogen) atoms. The van der Waals surface area contributed by atoms with Gasteiger partial charge in [-0.1, -0.05) is 26.2 Å². The number of sulfone groups is 1. The summed E-state index contributed by atoms with van der Waals surface area (Å²) >= 11 is 5.34. The van der Waals surface area contributed by atoms with E-state index in [9.17, 15) is 39.6 Å². The minimum absolute atomic E-state index is 0.0885. The summed E-state index contributed by atoms with van der Waals surface area (Å²) < 4.78 is 103. The number of hydrogen-bond donors (Lipinski definition) is 0. The molecule has 0 aromatic rings. The zero-order chi connectivity index (χ0) is 20.3. The second-order valence-corrected chi connectivity index (χ2v) is 9.07. The maximum Gasteiger partial charge on any atom is 0.403 e. The minimum atomic E-state index is -5.98. The fraction of sp³-hybridized carbons (Fsp3) is 0.923. The highest BCUT2D eigenvalue weighted by molar-refractivity contribution is 7.95. The van der Waals surface area contributed by atoms with Gasteiger partial charge >= 0.3 is 18.3 Å². The third-order valence-corrected chi connectivity index (χ3v) is 7.02. The van der Waals surface area contributed by atoms with Gasteiger partial charge < -0.3 is 4.74 Å². The topological polar surface area (TPSA) is 60.4 Å². The zero-order valence-corrected chi connectivity index (χ0v) is 15.2. The number of carbonyl (C=O) groups excluding carboxylic acids is 1. The van der Waals surface area contributed by atoms with Crippen molar-refractivity contribution < 1.29 is 44.3 Å². The van der Waals surface area contributed by atoms with Gasteiger partial charge in [0.15, 0.2) is 25.2 Å². The Morgan fingerprint density at radius 1 is 1.08 bits per heavy atom. The monoisotopic (exact) mass is 420 g/mol. The van der Waals surface area contributed by atoms with Crippen LogP contribution in [0.4, 0.5) is 26.3 Å². The van der Waals surface area contributed by atoms with Gasteiger partial charge in [-0.15, -0.1) is 11.6 Å². The predicted molar refractivity (Wildman–Crippen MR) is 78.7 cm³/mol. The lowest BCUT2D eigenvalue weighted by molar-refractivity contribution is -0.286. The second-order valence-electron chi connectivity index (χ2n) is 5.55. The lowest BCUT2D eigenvalue weighted by Gasteiger charge is -2.36. The molecule has 0 aliphatic rings. The molecule has 4 nitrogen and oxygen atoms in total. The summed E-state index contributed by atoms with van der Waals surface area (Å²) in [5, 5.41) is -2.22. The van der Waals surface area contributed by atoms with Gasteiger partial charge in [-0.2, -0.15) is 26.3 Å². The first-order chi connectivity index (χ1) is 11.0. The molecule has 0 rings (SSSR count). The first-order valence-electron chi connectivity index (χ1n) is 7.18. The molecule has 0 fully saturated rings. The fourth-order valence-electron chi connectivity index (χ4n) is 2.32. The van der Waals surface area contributed by atoms with Crippen LogP contribution in [0.2, 0.25) is 0 Å². The normalized spacial score (nSPS) is 17.2. The number of alkyl halides is 7. The standard InChI is InChI=1S/C13H19ClF6O4S/c1-4-5-6-7-8(9(21)24-3)25(22,23)11(2,14)10(12(15,16)17)13(18,19)20/h8,10H,4-7H2,1-3H3. The Bertz CT molecular complexity index is 542. The molecule has 0 bridgehead atoms. The van der Waals surface area contributed by atoms with Gasteiger partial charge in [-0.05, 0) is 13.3 Å². The van der Waals surface area contributed by atoms with E-state index in [0.29, 0.717) is 12.8 Å². The van der Waals surface area contributed by atoms with E-state index in [-0.39, 0.29) is 13.3 Å². The van der Waals surface area contributed by atoms with Crippen molar-refractivity contribution >= 4 is 27.4 Å². The van der Waals surface area contributed by atoms with Crippen molar-refractivity contribution in [2.45, 2.75) is 61.3 Å². The third kappa shape index (κ3) is 5.63. The average Bonchev–Trinajstić information content (AvgIpc) is 2.38. The van der Waals surface area contributed by atoms with E-state index < -0.39 is 50.0 Å². The van der Waals surface area contributed by atoms with Crippen molar-refractivity contribution in [3.8, 4) is 0 Å². The van der Waals surface area contributed by atoms with E-state index in [2.05, 4.69) is 4.74 Å². The van der Waals surface area contributed by atoms with Gasteiger partial charge in [0.25, 0.3) is 0 Å². The summed E-state index contributed by atoms with van der Waals surface area (Å²) in [6.45, 7) is 1.84. The first-order valence-corrected chi connectivity index (χ1v) is 9.11. The largest absolute Gasteiger partial charge is 0.468 e. The summed E-state index contributed by atoms with van der Waals surface area (Å²) in [6.07, 6.45) is -11.4. The summed E-state index contributed by atoms with van der Waals surface area (Å²) in [5.74, 6) is -5.82. The quantitative estimate of drug-likeness (QED) is 0.255. The van der Waals surface area contributed by atoms with Crippen LogP contribution >= 0.6 is 11.6 Å². The lowest BCUT2D eigenvalue weighted by Crippen LogP contribution is -2.56. The summed E-state index contributed by atoms with van der Waals surface area (Å²) in [6, 6.07) is 0. The summed E-state index contributed by atoms with van der Waals surface area (Å²) in [4.78, 5) is 11.7. The number of esters is 1. The van der Waals surface area contributed by atoms with Crippen molar-refractivity contribution in [2.24, 2.45) is 5.92 Å². The molecule has 0 aromatic carbocycles. The maximum absolute atomic E-state index is 12.9. The van der Waals surface area contributed by atoms with Crippen LogP contribution in [-0.4, -0.2) is 43.3 Å².